The van der Waals surface area contributed by atoms with Crippen LogP contribution in [0.25, 0.3) is 5.82 Å². The fourth-order valence-corrected chi connectivity index (χ4v) is 2.69. The molecule has 2 rings (SSSR count). The maximum Gasteiger partial charge on any atom is 0.332 e. The Balaban J connectivity index is 2.61. The molecule has 0 spiro atoms. The van der Waals surface area contributed by atoms with Crippen LogP contribution < -0.4 is 0 Å². The van der Waals surface area contributed by atoms with Gasteiger partial charge in [-0.15, -0.1) is 0 Å². The van der Waals surface area contributed by atoms with Crippen molar-refractivity contribution in [2.24, 2.45) is 0 Å². The van der Waals surface area contributed by atoms with Crippen LogP contribution >= 0.6 is 34.8 Å². The fourth-order valence-electron chi connectivity index (χ4n) is 2.35. The van der Waals surface area contributed by atoms with Crippen LogP contribution in [0.1, 0.15) is 25.7 Å². The van der Waals surface area contributed by atoms with Crippen LogP contribution in [0, 0.1) is 10.1 Å². The van der Waals surface area contributed by atoms with E-state index in [0.29, 0.717) is 13.1 Å². The number of rotatable bonds is 4. The lowest BCUT2D eigenvalue weighted by Gasteiger charge is -2.24. The molecular weight excluding hydrogens is 353 g/mol. The van der Waals surface area contributed by atoms with Gasteiger partial charge in [0, 0.05) is 13.1 Å². The van der Waals surface area contributed by atoms with E-state index in [9.17, 15) is 10.1 Å². The Morgan fingerprint density at radius 3 is 2.23 bits per heavy atom. The zero-order valence-electron chi connectivity index (χ0n) is 11.6. The van der Waals surface area contributed by atoms with Crippen LogP contribution in [0.5, 0.6) is 0 Å². The van der Waals surface area contributed by atoms with Crippen LogP contribution in [0.15, 0.2) is 27.9 Å². The average molecular weight is 367 g/mol. The van der Waals surface area contributed by atoms with Crippen LogP contribution in [0.3, 0.4) is 0 Å². The third kappa shape index (κ3) is 3.91. The van der Waals surface area contributed by atoms with Gasteiger partial charge in [0.05, 0.1) is 4.92 Å². The Labute approximate surface area is 142 Å². The third-order valence-corrected chi connectivity index (χ3v) is 4.25. The van der Waals surface area contributed by atoms with Crippen molar-refractivity contribution < 1.29 is 4.92 Å². The first-order valence-corrected chi connectivity index (χ1v) is 7.85. The van der Waals surface area contributed by atoms with E-state index in [1.807, 2.05) is 4.90 Å². The van der Waals surface area contributed by atoms with E-state index in [1.165, 1.54) is 17.3 Å². The SMILES string of the molecule is O=[N+]([O-])/C(C(Cl)=C(Cl)Cl)=C(\N1CCCCCC1)n1cncn1. The Hall–Kier alpha value is -1.31. The molecule has 1 fully saturated rings. The quantitative estimate of drug-likeness (QED) is 0.463. The van der Waals surface area contributed by atoms with Crippen molar-refractivity contribution in [2.75, 3.05) is 13.1 Å². The summed E-state index contributed by atoms with van der Waals surface area (Å²) in [5.74, 6) is 0.230. The lowest BCUT2D eigenvalue weighted by Crippen LogP contribution is -2.29. The van der Waals surface area contributed by atoms with Gasteiger partial charge in [0.1, 0.15) is 17.1 Å². The summed E-state index contributed by atoms with van der Waals surface area (Å²) in [7, 11) is 0. The molecule has 7 nitrogen and oxygen atoms in total. The number of likely N-dealkylation sites (tertiary alicyclic amines) is 1. The zero-order chi connectivity index (χ0) is 16.1. The van der Waals surface area contributed by atoms with Gasteiger partial charge in [0.2, 0.25) is 5.82 Å². The Morgan fingerprint density at radius 2 is 1.77 bits per heavy atom. The van der Waals surface area contributed by atoms with E-state index < -0.39 is 4.92 Å². The Kier molecular flexibility index (Phi) is 6.05. The molecule has 0 aliphatic carbocycles. The molecule has 0 bridgehead atoms. The molecule has 0 aromatic carbocycles. The summed E-state index contributed by atoms with van der Waals surface area (Å²) in [6.07, 6.45) is 6.70. The second-order valence-corrected chi connectivity index (χ2v) is 6.07. The minimum absolute atomic E-state index is 0.230. The van der Waals surface area contributed by atoms with Crippen LogP contribution in [0.4, 0.5) is 0 Å². The number of aromatic nitrogens is 3. The average Bonchev–Trinajstić information content (AvgIpc) is 2.86. The summed E-state index contributed by atoms with van der Waals surface area (Å²) in [5, 5.41) is 15.2. The molecule has 22 heavy (non-hydrogen) atoms. The van der Waals surface area contributed by atoms with E-state index in [1.54, 1.807) is 0 Å². The van der Waals surface area contributed by atoms with E-state index >= 15 is 0 Å². The summed E-state index contributed by atoms with van der Waals surface area (Å²) in [6, 6.07) is 0. The summed E-state index contributed by atoms with van der Waals surface area (Å²) >= 11 is 17.3. The van der Waals surface area contributed by atoms with Gasteiger partial charge in [0.15, 0.2) is 5.03 Å². The molecule has 0 atom stereocenters. The van der Waals surface area contributed by atoms with Crippen molar-refractivity contribution in [3.63, 3.8) is 0 Å². The number of nitro groups is 1. The fraction of sp³-hybridized carbons (Fsp3) is 0.500. The molecule has 1 aromatic heterocycles. The first-order chi connectivity index (χ1) is 10.5. The largest absolute Gasteiger partial charge is 0.351 e. The van der Waals surface area contributed by atoms with Crippen LogP contribution in [-0.2, 0) is 0 Å². The highest BCUT2D eigenvalue weighted by Crippen LogP contribution is 2.31. The van der Waals surface area contributed by atoms with Gasteiger partial charge in [-0.05, 0) is 12.8 Å². The normalized spacial score (nSPS) is 16.8. The molecule has 0 amide bonds. The molecule has 1 aliphatic heterocycles. The molecule has 0 radical (unpaired) electrons. The Morgan fingerprint density at radius 1 is 1.14 bits per heavy atom. The standard InChI is InChI=1S/C12H14Cl3N5O2/c13-9(11(14)15)10(20(21)22)12(19-8-16-7-17-19)18-5-3-1-2-4-6-18/h7-8H,1-6H2/b12-10+. The second kappa shape index (κ2) is 7.80. The first kappa shape index (κ1) is 17.1. The number of hydrogen-bond acceptors (Lipinski definition) is 5. The van der Waals surface area contributed by atoms with Gasteiger partial charge >= 0.3 is 5.70 Å². The molecule has 1 saturated heterocycles. The van der Waals surface area contributed by atoms with Gasteiger partial charge in [-0.1, -0.05) is 47.6 Å². The van der Waals surface area contributed by atoms with Gasteiger partial charge in [-0.2, -0.15) is 9.78 Å². The molecule has 0 saturated carbocycles. The first-order valence-electron chi connectivity index (χ1n) is 6.72. The van der Waals surface area contributed by atoms with Gasteiger partial charge in [-0.25, -0.2) is 4.98 Å². The highest BCUT2D eigenvalue weighted by atomic mass is 35.5. The van der Waals surface area contributed by atoms with Gasteiger partial charge in [-0.3, -0.25) is 10.1 Å². The lowest BCUT2D eigenvalue weighted by molar-refractivity contribution is -0.419. The van der Waals surface area contributed by atoms with Crippen molar-refractivity contribution >= 4 is 40.6 Å². The maximum atomic E-state index is 11.5. The van der Waals surface area contributed by atoms with Crippen LogP contribution in [-0.4, -0.2) is 37.7 Å². The van der Waals surface area contributed by atoms with E-state index in [0.717, 1.165) is 25.7 Å². The second-order valence-electron chi connectivity index (χ2n) is 4.75. The van der Waals surface area contributed by atoms with Crippen molar-refractivity contribution in [3.05, 3.63) is 38.0 Å². The number of hydrogen-bond donors (Lipinski definition) is 0. The van der Waals surface area contributed by atoms with Crippen molar-refractivity contribution in [2.45, 2.75) is 25.7 Å². The summed E-state index contributed by atoms with van der Waals surface area (Å²) < 4.78 is 0.962. The molecular formula is C12H14Cl3N5O2. The Bertz CT molecular complexity index is 588. The van der Waals surface area contributed by atoms with Crippen LogP contribution in [0.2, 0.25) is 0 Å². The molecule has 0 unspecified atom stereocenters. The molecule has 120 valence electrons. The minimum atomic E-state index is -0.602. The van der Waals surface area contributed by atoms with E-state index in [4.69, 9.17) is 34.8 Å². The maximum absolute atomic E-state index is 11.5. The molecule has 0 N–H and O–H groups in total. The predicted molar refractivity (Wildman–Crippen MR) is 84.9 cm³/mol. The minimum Gasteiger partial charge on any atom is -0.351 e. The van der Waals surface area contributed by atoms with E-state index in [2.05, 4.69) is 10.1 Å². The molecule has 10 heteroatoms. The monoisotopic (exact) mass is 365 g/mol. The summed E-state index contributed by atoms with van der Waals surface area (Å²) in [4.78, 5) is 16.7. The zero-order valence-corrected chi connectivity index (χ0v) is 13.9. The lowest BCUT2D eigenvalue weighted by atomic mass is 10.2. The summed E-state index contributed by atoms with van der Waals surface area (Å²) in [5.41, 5.74) is -0.380. The molecule has 1 aliphatic rings. The summed E-state index contributed by atoms with van der Waals surface area (Å²) in [6.45, 7) is 1.33. The number of halogens is 3. The van der Waals surface area contributed by atoms with Crippen molar-refractivity contribution in [3.8, 4) is 0 Å². The van der Waals surface area contributed by atoms with Crippen molar-refractivity contribution in [1.82, 2.24) is 19.7 Å². The molecule has 1 aromatic rings. The predicted octanol–water partition coefficient (Wildman–Crippen LogP) is 3.44. The highest BCUT2D eigenvalue weighted by molar-refractivity contribution is 6.59. The smallest absolute Gasteiger partial charge is 0.332 e. The number of allylic oxidation sites excluding steroid dienone is 1. The van der Waals surface area contributed by atoms with E-state index in [-0.39, 0.29) is 21.0 Å². The van der Waals surface area contributed by atoms with Crippen molar-refractivity contribution in [1.29, 1.82) is 0 Å². The highest BCUT2D eigenvalue weighted by Gasteiger charge is 2.31. The molecule has 2 heterocycles. The number of nitrogens with zero attached hydrogens (tertiary/aromatic N) is 5. The van der Waals surface area contributed by atoms with Gasteiger partial charge < -0.3 is 4.90 Å². The van der Waals surface area contributed by atoms with Gasteiger partial charge in [0.25, 0.3) is 0 Å². The third-order valence-electron chi connectivity index (χ3n) is 3.31. The topological polar surface area (TPSA) is 77.1 Å².